The molecule has 2 aromatic carbocycles. The van der Waals surface area contributed by atoms with Crippen LogP contribution in [-0.4, -0.2) is 24.1 Å². The monoisotopic (exact) mass is 422 g/mol. The van der Waals surface area contributed by atoms with Gasteiger partial charge in [0.05, 0.1) is 18.9 Å². The zero-order valence-electron chi connectivity index (χ0n) is 17.4. The van der Waals surface area contributed by atoms with Crippen molar-refractivity contribution in [2.75, 3.05) is 12.4 Å². The summed E-state index contributed by atoms with van der Waals surface area (Å²) in [5.74, 6) is 1.42. The lowest BCUT2D eigenvalue weighted by Crippen LogP contribution is -2.13. The van der Waals surface area contributed by atoms with Crippen molar-refractivity contribution in [3.05, 3.63) is 65.6 Å². The van der Waals surface area contributed by atoms with Crippen LogP contribution >= 0.6 is 11.3 Å². The number of hydrogen-bond acceptors (Lipinski definition) is 5. The second-order valence-corrected chi connectivity index (χ2v) is 7.57. The number of hydrogen-bond donors (Lipinski definition) is 1. The highest BCUT2D eigenvalue weighted by molar-refractivity contribution is 7.14. The van der Waals surface area contributed by atoms with Gasteiger partial charge in [0.25, 0.3) is 0 Å². The van der Waals surface area contributed by atoms with E-state index < -0.39 is 0 Å². The molecule has 1 aromatic heterocycles. The molecule has 6 heteroatoms. The van der Waals surface area contributed by atoms with E-state index in [1.807, 2.05) is 53.9 Å². The molecule has 0 bridgehead atoms. The van der Waals surface area contributed by atoms with Gasteiger partial charge >= 0.3 is 0 Å². The maximum atomic E-state index is 12.2. The molecule has 1 N–H and O–H groups in total. The van der Waals surface area contributed by atoms with Crippen LogP contribution in [0.25, 0.3) is 17.3 Å². The SMILES string of the molecule is CCC(CC)Oc1ccc(/C=C/C(=O)Nc2nc(-c3ccc(OC)cc3)cs2)cc1. The number of methoxy groups -OCH3 is 1. The summed E-state index contributed by atoms with van der Waals surface area (Å²) in [5, 5.41) is 5.29. The summed E-state index contributed by atoms with van der Waals surface area (Å²) in [4.78, 5) is 16.7. The highest BCUT2D eigenvalue weighted by Gasteiger charge is 2.07. The predicted octanol–water partition coefficient (Wildman–Crippen LogP) is 6.04. The summed E-state index contributed by atoms with van der Waals surface area (Å²) in [5.41, 5.74) is 2.72. The highest BCUT2D eigenvalue weighted by atomic mass is 32.1. The molecular formula is C24H26N2O3S. The zero-order valence-corrected chi connectivity index (χ0v) is 18.2. The van der Waals surface area contributed by atoms with Crippen LogP contribution in [0.15, 0.2) is 60.0 Å². The first kappa shape index (κ1) is 21.6. The molecule has 3 rings (SSSR count). The first-order valence-corrected chi connectivity index (χ1v) is 10.8. The molecule has 5 nitrogen and oxygen atoms in total. The second kappa shape index (κ2) is 10.6. The number of ether oxygens (including phenoxy) is 2. The van der Waals surface area contributed by atoms with E-state index in [1.165, 1.54) is 17.4 Å². The summed E-state index contributed by atoms with van der Waals surface area (Å²) in [6, 6.07) is 15.4. The van der Waals surface area contributed by atoms with Crippen molar-refractivity contribution in [1.82, 2.24) is 4.98 Å². The van der Waals surface area contributed by atoms with Crippen LogP contribution in [0.4, 0.5) is 5.13 Å². The van der Waals surface area contributed by atoms with Crippen LogP contribution in [-0.2, 0) is 4.79 Å². The summed E-state index contributed by atoms with van der Waals surface area (Å²) >= 11 is 1.39. The number of rotatable bonds is 9. The van der Waals surface area contributed by atoms with Gasteiger partial charge in [-0.3, -0.25) is 10.1 Å². The smallest absolute Gasteiger partial charge is 0.250 e. The van der Waals surface area contributed by atoms with Crippen LogP contribution in [0, 0.1) is 0 Å². The number of thiazole rings is 1. The Morgan fingerprint density at radius 3 is 2.37 bits per heavy atom. The minimum atomic E-state index is -0.219. The van der Waals surface area contributed by atoms with Crippen molar-refractivity contribution < 1.29 is 14.3 Å². The van der Waals surface area contributed by atoms with Crippen molar-refractivity contribution in [2.24, 2.45) is 0 Å². The van der Waals surface area contributed by atoms with Gasteiger partial charge in [-0.2, -0.15) is 0 Å². The van der Waals surface area contributed by atoms with Crippen molar-refractivity contribution in [2.45, 2.75) is 32.8 Å². The molecule has 1 amide bonds. The number of benzene rings is 2. The Bertz CT molecular complexity index is 974. The van der Waals surface area contributed by atoms with Gasteiger partial charge in [-0.05, 0) is 60.9 Å². The van der Waals surface area contributed by atoms with Crippen molar-refractivity contribution in [1.29, 1.82) is 0 Å². The largest absolute Gasteiger partial charge is 0.497 e. The fourth-order valence-electron chi connectivity index (χ4n) is 2.85. The molecule has 0 saturated carbocycles. The van der Waals surface area contributed by atoms with Gasteiger partial charge in [-0.1, -0.05) is 26.0 Å². The molecule has 30 heavy (non-hydrogen) atoms. The number of aromatic nitrogens is 1. The molecule has 0 spiro atoms. The van der Waals surface area contributed by atoms with E-state index in [2.05, 4.69) is 24.1 Å². The number of amides is 1. The van der Waals surface area contributed by atoms with E-state index in [1.54, 1.807) is 13.2 Å². The van der Waals surface area contributed by atoms with Gasteiger partial charge in [0, 0.05) is 17.0 Å². The first-order chi connectivity index (χ1) is 14.6. The fourth-order valence-corrected chi connectivity index (χ4v) is 3.57. The summed E-state index contributed by atoms with van der Waals surface area (Å²) in [6.45, 7) is 4.23. The van der Waals surface area contributed by atoms with E-state index in [4.69, 9.17) is 9.47 Å². The van der Waals surface area contributed by atoms with Gasteiger partial charge < -0.3 is 9.47 Å². The molecule has 0 atom stereocenters. The van der Waals surface area contributed by atoms with E-state index >= 15 is 0 Å². The number of anilines is 1. The lowest BCUT2D eigenvalue weighted by molar-refractivity contribution is -0.111. The molecule has 0 aliphatic carbocycles. The molecule has 1 heterocycles. The maximum Gasteiger partial charge on any atom is 0.250 e. The average molecular weight is 423 g/mol. The third-order valence-corrected chi connectivity index (χ3v) is 5.40. The molecule has 0 aliphatic heterocycles. The molecule has 3 aromatic rings. The molecule has 0 radical (unpaired) electrons. The Labute approximate surface area is 181 Å². The lowest BCUT2D eigenvalue weighted by atomic mass is 10.2. The average Bonchev–Trinajstić information content (AvgIpc) is 3.25. The Hall–Kier alpha value is -3.12. The minimum absolute atomic E-state index is 0.219. The third-order valence-electron chi connectivity index (χ3n) is 4.64. The Kier molecular flexibility index (Phi) is 7.63. The fraction of sp³-hybridized carbons (Fsp3) is 0.250. The number of carbonyl (C=O) groups excluding carboxylic acids is 1. The van der Waals surface area contributed by atoms with Crippen LogP contribution in [0.5, 0.6) is 11.5 Å². The topological polar surface area (TPSA) is 60.5 Å². The van der Waals surface area contributed by atoms with Crippen molar-refractivity contribution in [3.63, 3.8) is 0 Å². The molecule has 0 unspecified atom stereocenters. The number of nitrogens with zero attached hydrogens (tertiary/aromatic N) is 1. The summed E-state index contributed by atoms with van der Waals surface area (Å²) in [7, 11) is 1.63. The van der Waals surface area contributed by atoms with E-state index in [-0.39, 0.29) is 12.0 Å². The van der Waals surface area contributed by atoms with Gasteiger partial charge in [0.1, 0.15) is 11.5 Å². The first-order valence-electron chi connectivity index (χ1n) is 9.97. The van der Waals surface area contributed by atoms with Crippen LogP contribution in [0.2, 0.25) is 0 Å². The van der Waals surface area contributed by atoms with Crippen LogP contribution in [0.3, 0.4) is 0 Å². The Morgan fingerprint density at radius 2 is 1.73 bits per heavy atom. The Balaban J connectivity index is 1.56. The second-order valence-electron chi connectivity index (χ2n) is 6.71. The molecule has 0 aliphatic rings. The third kappa shape index (κ3) is 5.94. The summed E-state index contributed by atoms with van der Waals surface area (Å²) in [6.07, 6.45) is 5.47. The standard InChI is InChI=1S/C24H26N2O3S/c1-4-19(5-2)29-21-11-6-17(7-12-21)8-15-23(27)26-24-25-22(16-30-24)18-9-13-20(28-3)14-10-18/h6-16,19H,4-5H2,1-3H3,(H,25,26,27)/b15-8+. The molecule has 0 fully saturated rings. The lowest BCUT2D eigenvalue weighted by Gasteiger charge is -2.15. The molecule has 0 saturated heterocycles. The maximum absolute atomic E-state index is 12.2. The van der Waals surface area contributed by atoms with E-state index in [9.17, 15) is 4.79 Å². The van der Waals surface area contributed by atoms with E-state index in [0.29, 0.717) is 5.13 Å². The number of nitrogens with one attached hydrogen (secondary N) is 1. The minimum Gasteiger partial charge on any atom is -0.497 e. The molecule has 156 valence electrons. The van der Waals surface area contributed by atoms with Gasteiger partial charge in [-0.25, -0.2) is 4.98 Å². The van der Waals surface area contributed by atoms with Crippen LogP contribution in [0.1, 0.15) is 32.3 Å². The quantitative estimate of drug-likeness (QED) is 0.427. The van der Waals surface area contributed by atoms with Gasteiger partial charge in [-0.15, -0.1) is 11.3 Å². The Morgan fingerprint density at radius 1 is 1.07 bits per heavy atom. The summed E-state index contributed by atoms with van der Waals surface area (Å²) < 4.78 is 11.1. The predicted molar refractivity (Wildman–Crippen MR) is 123 cm³/mol. The zero-order chi connectivity index (χ0) is 21.3. The van der Waals surface area contributed by atoms with Crippen molar-refractivity contribution in [3.8, 4) is 22.8 Å². The molecular weight excluding hydrogens is 396 g/mol. The highest BCUT2D eigenvalue weighted by Crippen LogP contribution is 2.26. The van der Waals surface area contributed by atoms with Crippen molar-refractivity contribution >= 4 is 28.5 Å². The van der Waals surface area contributed by atoms with Gasteiger partial charge in [0.15, 0.2) is 5.13 Å². The van der Waals surface area contributed by atoms with Gasteiger partial charge in [0.2, 0.25) is 5.91 Å². The number of carbonyl (C=O) groups is 1. The normalized spacial score (nSPS) is 11.1. The van der Waals surface area contributed by atoms with Crippen LogP contribution < -0.4 is 14.8 Å². The van der Waals surface area contributed by atoms with E-state index in [0.717, 1.165) is 41.2 Å².